The Labute approximate surface area is 206 Å². The van der Waals surface area contributed by atoms with Gasteiger partial charge in [0.25, 0.3) is 0 Å². The molecule has 0 saturated carbocycles. The highest BCUT2D eigenvalue weighted by molar-refractivity contribution is 14.1. The molecule has 0 saturated heterocycles. The van der Waals surface area contributed by atoms with Crippen molar-refractivity contribution in [3.8, 4) is 0 Å². The van der Waals surface area contributed by atoms with Crippen LogP contribution >= 0.6 is 34.4 Å². The van der Waals surface area contributed by atoms with Gasteiger partial charge in [0.2, 0.25) is 5.43 Å². The lowest BCUT2D eigenvalue weighted by Crippen LogP contribution is -2.24. The molecular weight excluding hydrogens is 537 g/mol. The molecule has 0 radical (unpaired) electrons. The molecule has 0 amide bonds. The van der Waals surface area contributed by atoms with Crippen LogP contribution in [-0.2, 0) is 4.74 Å². The average Bonchev–Trinajstić information content (AvgIpc) is 2.71. The number of benzene rings is 2. The van der Waals surface area contributed by atoms with E-state index in [-0.39, 0.29) is 17.4 Å². The van der Waals surface area contributed by atoms with Gasteiger partial charge >= 0.3 is 5.97 Å². The smallest absolute Gasteiger partial charge is 0.340 e. The maximum absolute atomic E-state index is 13.0. The van der Waals surface area contributed by atoms with Crippen molar-refractivity contribution in [3.05, 3.63) is 66.9 Å². The molecule has 0 aliphatic heterocycles. The van der Waals surface area contributed by atoms with Gasteiger partial charge in [-0.2, -0.15) is 0 Å². The highest BCUT2D eigenvalue weighted by Gasteiger charge is 2.23. The first kappa shape index (κ1) is 24.6. The molecule has 1 heterocycles. The number of aryl methyl sites for hydroxylation is 1. The topological polar surface area (TPSA) is 68.5 Å². The predicted molar refractivity (Wildman–Crippen MR) is 140 cm³/mol. The monoisotopic (exact) mass is 565 g/mol. The van der Waals surface area contributed by atoms with Gasteiger partial charge in [-0.05, 0) is 86.7 Å². The van der Waals surface area contributed by atoms with E-state index in [9.17, 15) is 9.59 Å². The molecule has 0 aliphatic rings. The fourth-order valence-electron chi connectivity index (χ4n) is 3.41. The van der Waals surface area contributed by atoms with Crippen molar-refractivity contribution < 1.29 is 13.9 Å². The molecule has 32 heavy (non-hydrogen) atoms. The summed E-state index contributed by atoms with van der Waals surface area (Å²) in [4.78, 5) is 25.8. The molecule has 5 nitrogen and oxygen atoms in total. The third-order valence-electron chi connectivity index (χ3n) is 4.74. The first-order valence-electron chi connectivity index (χ1n) is 10.5. The molecule has 1 aromatic heterocycles. The number of hydrogen-bond donors (Lipinski definition) is 1. The first-order valence-corrected chi connectivity index (χ1v) is 12.6. The second-order valence-corrected chi connectivity index (χ2v) is 10.9. The Kier molecular flexibility index (Phi) is 7.60. The van der Waals surface area contributed by atoms with Gasteiger partial charge in [0.15, 0.2) is 5.09 Å². The van der Waals surface area contributed by atoms with E-state index in [4.69, 9.17) is 9.15 Å². The Bertz CT molecular complexity index is 1210. The number of carbonyl (C=O) groups is 1. The van der Waals surface area contributed by atoms with Gasteiger partial charge in [0.05, 0.1) is 17.0 Å². The summed E-state index contributed by atoms with van der Waals surface area (Å²) < 4.78 is 12.4. The summed E-state index contributed by atoms with van der Waals surface area (Å²) >= 11 is 3.58. The van der Waals surface area contributed by atoms with Crippen molar-refractivity contribution in [2.24, 2.45) is 0 Å². The number of hydrogen-bond acceptors (Lipinski definition) is 6. The predicted octanol–water partition coefficient (Wildman–Crippen LogP) is 6.95. The van der Waals surface area contributed by atoms with Crippen molar-refractivity contribution in [1.29, 1.82) is 0 Å². The largest absolute Gasteiger partial charge is 0.456 e. The van der Waals surface area contributed by atoms with E-state index in [2.05, 4.69) is 27.9 Å². The second kappa shape index (κ2) is 9.87. The summed E-state index contributed by atoms with van der Waals surface area (Å²) in [6.45, 7) is 11.5. The summed E-state index contributed by atoms with van der Waals surface area (Å²) in [5.41, 5.74) is 2.94. The minimum atomic E-state index is -0.587. The van der Waals surface area contributed by atoms with Gasteiger partial charge in [0.1, 0.15) is 14.8 Å². The van der Waals surface area contributed by atoms with Gasteiger partial charge < -0.3 is 14.5 Å². The number of nitrogens with one attached hydrogen (secondary N) is 1. The standard InChI is InChI=1S/C25H28INO4S/c1-7-32-24-20(26)21(28)18-13-14(2)12-17(22(18)30-24)15(3)27-19-11-9-8-10-16(19)23(29)31-25(4,5)6/h8-13,15,27H,7H2,1-6H3/t15-/m1/s1. The fourth-order valence-corrected chi connectivity index (χ4v) is 4.90. The van der Waals surface area contributed by atoms with E-state index in [1.54, 1.807) is 6.07 Å². The van der Waals surface area contributed by atoms with Gasteiger partial charge in [-0.25, -0.2) is 4.79 Å². The van der Waals surface area contributed by atoms with Crippen LogP contribution in [0.25, 0.3) is 11.0 Å². The molecular formula is C25H28INO4S. The molecule has 1 atom stereocenters. The molecule has 3 aromatic rings. The number of anilines is 1. The summed E-state index contributed by atoms with van der Waals surface area (Å²) in [6.07, 6.45) is 0. The van der Waals surface area contributed by atoms with Crippen LogP contribution in [0.5, 0.6) is 0 Å². The van der Waals surface area contributed by atoms with Crippen LogP contribution in [0.15, 0.2) is 50.7 Å². The number of ether oxygens (including phenoxy) is 1. The van der Waals surface area contributed by atoms with E-state index in [1.807, 2.05) is 71.9 Å². The van der Waals surface area contributed by atoms with Gasteiger partial charge in [0, 0.05) is 11.3 Å². The van der Waals surface area contributed by atoms with E-state index in [1.165, 1.54) is 11.8 Å². The van der Waals surface area contributed by atoms with Crippen LogP contribution in [0.2, 0.25) is 0 Å². The second-order valence-electron chi connectivity index (χ2n) is 8.61. The maximum Gasteiger partial charge on any atom is 0.340 e. The zero-order valence-electron chi connectivity index (χ0n) is 19.2. The first-order chi connectivity index (χ1) is 15.0. The SMILES string of the molecule is CCSc1oc2c([C@@H](C)Nc3ccccc3C(=O)OC(C)(C)C)cc(C)cc2c(=O)c1I. The summed E-state index contributed by atoms with van der Waals surface area (Å²) in [5.74, 6) is 0.424. The zero-order valence-corrected chi connectivity index (χ0v) is 22.1. The van der Waals surface area contributed by atoms with Crippen molar-refractivity contribution >= 4 is 57.0 Å². The molecule has 1 N–H and O–H groups in total. The van der Waals surface area contributed by atoms with Gasteiger partial charge in [-0.15, -0.1) is 0 Å². The molecule has 3 rings (SSSR count). The lowest BCUT2D eigenvalue weighted by Gasteiger charge is -2.23. The number of halogens is 1. The van der Waals surface area contributed by atoms with Crippen molar-refractivity contribution in [3.63, 3.8) is 0 Å². The molecule has 0 aliphatic carbocycles. The Balaban J connectivity index is 2.06. The third-order valence-corrected chi connectivity index (χ3v) is 6.92. The Morgan fingerprint density at radius 3 is 2.59 bits per heavy atom. The minimum Gasteiger partial charge on any atom is -0.456 e. The molecule has 0 bridgehead atoms. The van der Waals surface area contributed by atoms with Gasteiger partial charge in [-0.1, -0.05) is 36.9 Å². The van der Waals surface area contributed by atoms with Crippen molar-refractivity contribution in [2.75, 3.05) is 11.1 Å². The molecule has 0 fully saturated rings. The van der Waals surface area contributed by atoms with E-state index in [0.717, 1.165) is 16.9 Å². The quantitative estimate of drug-likeness (QED) is 0.198. The summed E-state index contributed by atoms with van der Waals surface area (Å²) in [5, 5.41) is 4.63. The summed E-state index contributed by atoms with van der Waals surface area (Å²) in [7, 11) is 0. The van der Waals surface area contributed by atoms with Crippen LogP contribution in [0.1, 0.15) is 62.1 Å². The Hall–Kier alpha value is -2.00. The highest BCUT2D eigenvalue weighted by Crippen LogP contribution is 2.33. The van der Waals surface area contributed by atoms with Crippen LogP contribution in [0, 0.1) is 10.5 Å². The zero-order chi connectivity index (χ0) is 23.6. The Morgan fingerprint density at radius 1 is 1.25 bits per heavy atom. The van der Waals surface area contributed by atoms with Crippen molar-refractivity contribution in [2.45, 2.75) is 58.3 Å². The average molecular weight is 565 g/mol. The normalized spacial score (nSPS) is 12.6. The van der Waals surface area contributed by atoms with Crippen LogP contribution < -0.4 is 10.7 Å². The highest BCUT2D eigenvalue weighted by atomic mass is 127. The number of rotatable bonds is 6. The van der Waals surface area contributed by atoms with Crippen LogP contribution in [-0.4, -0.2) is 17.3 Å². The van der Waals surface area contributed by atoms with Crippen LogP contribution in [0.3, 0.4) is 0 Å². The van der Waals surface area contributed by atoms with E-state index in [0.29, 0.717) is 30.9 Å². The van der Waals surface area contributed by atoms with Crippen molar-refractivity contribution in [1.82, 2.24) is 0 Å². The molecule has 2 aromatic carbocycles. The number of para-hydroxylation sites is 1. The molecule has 0 spiro atoms. The number of thioether (sulfide) groups is 1. The van der Waals surface area contributed by atoms with E-state index >= 15 is 0 Å². The van der Waals surface area contributed by atoms with Crippen LogP contribution in [0.4, 0.5) is 5.69 Å². The Morgan fingerprint density at radius 2 is 1.94 bits per heavy atom. The molecule has 7 heteroatoms. The fraction of sp³-hybridized carbons (Fsp3) is 0.360. The minimum absolute atomic E-state index is 0.0193. The van der Waals surface area contributed by atoms with Gasteiger partial charge in [-0.3, -0.25) is 4.79 Å². The summed E-state index contributed by atoms with van der Waals surface area (Å²) in [6, 6.07) is 11.0. The third kappa shape index (κ3) is 5.49. The molecule has 0 unspecified atom stereocenters. The number of carbonyl (C=O) groups excluding carboxylic acids is 1. The number of esters is 1. The number of fused-ring (bicyclic) bond motifs is 1. The molecule has 170 valence electrons. The lowest BCUT2D eigenvalue weighted by molar-refractivity contribution is 0.00706. The lowest BCUT2D eigenvalue weighted by atomic mass is 10.0. The maximum atomic E-state index is 13.0. The van der Waals surface area contributed by atoms with E-state index < -0.39 is 5.60 Å².